The van der Waals surface area contributed by atoms with Gasteiger partial charge in [0, 0.05) is 24.5 Å². The lowest BCUT2D eigenvalue weighted by atomic mass is 9.83. The Morgan fingerprint density at radius 1 is 1.14 bits per heavy atom. The summed E-state index contributed by atoms with van der Waals surface area (Å²) in [5.41, 5.74) is 1.34. The third kappa shape index (κ3) is 6.37. The summed E-state index contributed by atoms with van der Waals surface area (Å²) in [4.78, 5) is 25.6. The van der Waals surface area contributed by atoms with Gasteiger partial charge in [0.15, 0.2) is 11.5 Å². The zero-order valence-electron chi connectivity index (χ0n) is 23.8. The first kappa shape index (κ1) is 28.7. The summed E-state index contributed by atoms with van der Waals surface area (Å²) < 4.78 is 32.7. The summed E-state index contributed by atoms with van der Waals surface area (Å²) in [7, 11) is -3.50. The van der Waals surface area contributed by atoms with Crippen molar-refractivity contribution in [3.05, 3.63) is 54.9 Å². The van der Waals surface area contributed by atoms with E-state index in [-0.39, 0.29) is 23.6 Å². The molecule has 226 valence electrons. The van der Waals surface area contributed by atoms with Crippen LogP contribution in [0.25, 0.3) is 17.1 Å². The molecule has 4 heterocycles. The molecule has 2 aliphatic carbocycles. The van der Waals surface area contributed by atoms with Gasteiger partial charge in [-0.3, -0.25) is 0 Å². The Kier molecular flexibility index (Phi) is 7.60. The maximum atomic E-state index is 12.5. The zero-order chi connectivity index (χ0) is 30.2. The molecule has 4 aromatic heterocycles. The first-order valence-corrected chi connectivity index (χ1v) is 15.7. The van der Waals surface area contributed by atoms with Crippen LogP contribution in [0.1, 0.15) is 62.9 Å². The minimum absolute atomic E-state index is 0.114. The largest absolute Gasteiger partial charge is 0.461 e. The average Bonchev–Trinajstić information content (AvgIpc) is 3.52. The van der Waals surface area contributed by atoms with Crippen molar-refractivity contribution < 1.29 is 23.1 Å². The van der Waals surface area contributed by atoms with Gasteiger partial charge in [-0.2, -0.15) is 14.3 Å². The van der Waals surface area contributed by atoms with Gasteiger partial charge in [-0.15, -0.1) is 0 Å². The van der Waals surface area contributed by atoms with Crippen molar-refractivity contribution in [2.75, 3.05) is 17.2 Å². The summed E-state index contributed by atoms with van der Waals surface area (Å²) in [5.74, 6) is 0.746. The van der Waals surface area contributed by atoms with Crippen LogP contribution in [0, 0.1) is 0 Å². The SMILES string of the molecule is CCOC(=O)c1ccn(-c2cnc(Nc3ccnc(-c4cnn(S(=O)(=O)C5CC5)c4)n3)cc2NC2CCC(C)(O)CC2)n1. The van der Waals surface area contributed by atoms with Crippen molar-refractivity contribution in [2.24, 2.45) is 0 Å². The zero-order valence-corrected chi connectivity index (χ0v) is 24.7. The number of rotatable bonds is 10. The number of ether oxygens (including phenoxy) is 1. The summed E-state index contributed by atoms with van der Waals surface area (Å²) in [6, 6.07) is 5.21. The molecule has 0 bridgehead atoms. The fraction of sp³-hybridized carbons (Fsp3) is 0.429. The Morgan fingerprint density at radius 2 is 1.93 bits per heavy atom. The van der Waals surface area contributed by atoms with Gasteiger partial charge in [0.25, 0.3) is 10.0 Å². The summed E-state index contributed by atoms with van der Waals surface area (Å²) in [6.07, 6.45) is 11.9. The van der Waals surface area contributed by atoms with Crippen LogP contribution in [0.15, 0.2) is 49.2 Å². The molecule has 15 heteroatoms. The van der Waals surface area contributed by atoms with E-state index in [1.807, 2.05) is 13.0 Å². The van der Waals surface area contributed by atoms with E-state index in [1.165, 1.54) is 12.4 Å². The third-order valence-corrected chi connectivity index (χ3v) is 9.60. The van der Waals surface area contributed by atoms with E-state index < -0.39 is 21.6 Å². The molecule has 0 saturated heterocycles. The Bertz CT molecular complexity index is 1740. The van der Waals surface area contributed by atoms with E-state index >= 15 is 0 Å². The number of hydrogen-bond donors (Lipinski definition) is 3. The number of aromatic nitrogens is 7. The second kappa shape index (κ2) is 11.4. The molecule has 43 heavy (non-hydrogen) atoms. The Morgan fingerprint density at radius 3 is 2.67 bits per heavy atom. The molecule has 0 amide bonds. The van der Waals surface area contributed by atoms with E-state index in [0.717, 1.165) is 22.6 Å². The molecule has 4 aromatic rings. The summed E-state index contributed by atoms with van der Waals surface area (Å²) >= 11 is 0. The number of hydrogen-bond acceptors (Lipinski definition) is 12. The van der Waals surface area contributed by atoms with Gasteiger partial charge in [0.05, 0.1) is 47.3 Å². The van der Waals surface area contributed by atoms with Gasteiger partial charge in [0.2, 0.25) is 0 Å². The topological polar surface area (TPSA) is 179 Å². The Labute approximate surface area is 248 Å². The fourth-order valence-corrected chi connectivity index (χ4v) is 6.44. The van der Waals surface area contributed by atoms with Gasteiger partial charge in [-0.25, -0.2) is 32.8 Å². The van der Waals surface area contributed by atoms with Crippen LogP contribution in [0.3, 0.4) is 0 Å². The van der Waals surface area contributed by atoms with E-state index in [2.05, 4.69) is 35.8 Å². The minimum Gasteiger partial charge on any atom is -0.461 e. The highest BCUT2D eigenvalue weighted by Gasteiger charge is 2.37. The third-order valence-electron chi connectivity index (χ3n) is 7.56. The van der Waals surface area contributed by atoms with Crippen molar-refractivity contribution in [3.63, 3.8) is 0 Å². The van der Waals surface area contributed by atoms with Crippen molar-refractivity contribution in [3.8, 4) is 17.1 Å². The van der Waals surface area contributed by atoms with E-state index in [1.54, 1.807) is 42.3 Å². The number of esters is 1. The first-order chi connectivity index (χ1) is 20.6. The molecule has 0 atom stereocenters. The standard InChI is InChI=1S/C28H33N9O5S/c1-3-42-27(38)21-9-13-36(35-21)23-16-30-25(14-22(23)32-19-6-10-28(2,39)11-7-19)33-24-8-12-29-26(34-24)18-15-31-37(17-18)43(40,41)20-4-5-20/h8-9,12-17,19-20,39H,3-7,10-11H2,1-2H3,(H2,29,30,32,33,34). The predicted molar refractivity (Wildman–Crippen MR) is 158 cm³/mol. The van der Waals surface area contributed by atoms with E-state index in [9.17, 15) is 18.3 Å². The van der Waals surface area contributed by atoms with Crippen LogP contribution in [0.2, 0.25) is 0 Å². The van der Waals surface area contributed by atoms with Crippen LogP contribution in [-0.2, 0) is 14.8 Å². The minimum atomic E-state index is -3.50. The molecule has 2 fully saturated rings. The number of anilines is 3. The second-order valence-electron chi connectivity index (χ2n) is 11.1. The lowest BCUT2D eigenvalue weighted by Crippen LogP contribution is -2.36. The molecule has 0 unspecified atom stereocenters. The van der Waals surface area contributed by atoms with E-state index in [4.69, 9.17) is 4.74 Å². The monoisotopic (exact) mass is 607 g/mol. The molecule has 2 aliphatic rings. The van der Waals surface area contributed by atoms with E-state index in [0.29, 0.717) is 54.4 Å². The summed E-state index contributed by atoms with van der Waals surface area (Å²) in [6.45, 7) is 3.84. The van der Waals surface area contributed by atoms with Gasteiger partial charge >= 0.3 is 5.97 Å². The van der Waals surface area contributed by atoms with Crippen LogP contribution in [0.4, 0.5) is 17.3 Å². The van der Waals surface area contributed by atoms with Gasteiger partial charge in [-0.1, -0.05) is 0 Å². The molecule has 0 spiro atoms. The van der Waals surface area contributed by atoms with Crippen LogP contribution < -0.4 is 10.6 Å². The van der Waals surface area contributed by atoms with Crippen molar-refractivity contribution in [2.45, 2.75) is 69.3 Å². The quantitative estimate of drug-likeness (QED) is 0.224. The second-order valence-corrected chi connectivity index (χ2v) is 13.2. The van der Waals surface area contributed by atoms with Crippen LogP contribution >= 0.6 is 0 Å². The van der Waals surface area contributed by atoms with Crippen molar-refractivity contribution >= 4 is 33.3 Å². The number of carbonyl (C=O) groups is 1. The summed E-state index contributed by atoms with van der Waals surface area (Å²) in [5, 5.41) is 25.2. The molecule has 3 N–H and O–H groups in total. The van der Waals surface area contributed by atoms with Gasteiger partial charge in [0.1, 0.15) is 17.3 Å². The normalized spacial score (nSPS) is 20.5. The maximum Gasteiger partial charge on any atom is 0.358 e. The number of pyridine rings is 1. The molecule has 14 nitrogen and oxygen atoms in total. The lowest BCUT2D eigenvalue weighted by Gasteiger charge is -2.34. The molecule has 6 rings (SSSR count). The first-order valence-electron chi connectivity index (χ1n) is 14.2. The fourth-order valence-electron chi connectivity index (χ4n) is 4.97. The molecule has 0 radical (unpaired) electrons. The number of carbonyl (C=O) groups excluding carboxylic acids is 1. The van der Waals surface area contributed by atoms with Crippen LogP contribution in [0.5, 0.6) is 0 Å². The average molecular weight is 608 g/mol. The molecular formula is C28H33N9O5S. The molecule has 2 saturated carbocycles. The maximum absolute atomic E-state index is 12.5. The lowest BCUT2D eigenvalue weighted by molar-refractivity contribution is 0.0196. The number of aliphatic hydroxyl groups is 1. The van der Waals surface area contributed by atoms with Crippen molar-refractivity contribution in [1.82, 2.24) is 33.9 Å². The molecular weight excluding hydrogens is 574 g/mol. The van der Waals surface area contributed by atoms with Crippen LogP contribution in [-0.4, -0.2) is 76.9 Å². The van der Waals surface area contributed by atoms with Crippen molar-refractivity contribution in [1.29, 1.82) is 0 Å². The van der Waals surface area contributed by atoms with Gasteiger partial charge < -0.3 is 20.5 Å². The number of nitrogens with one attached hydrogen (secondary N) is 2. The Hall–Kier alpha value is -4.37. The molecule has 0 aromatic carbocycles. The van der Waals surface area contributed by atoms with Gasteiger partial charge in [-0.05, 0) is 64.5 Å². The predicted octanol–water partition coefficient (Wildman–Crippen LogP) is 3.29. The number of nitrogens with zero attached hydrogens (tertiary/aromatic N) is 7. The Balaban J connectivity index is 1.26. The highest BCUT2D eigenvalue weighted by molar-refractivity contribution is 7.90. The smallest absolute Gasteiger partial charge is 0.358 e. The highest BCUT2D eigenvalue weighted by atomic mass is 32.2. The highest BCUT2D eigenvalue weighted by Crippen LogP contribution is 2.33. The molecule has 0 aliphatic heterocycles.